The first-order valence-electron chi connectivity index (χ1n) is 6.83. The maximum Gasteiger partial charge on any atom is 0.233 e. The summed E-state index contributed by atoms with van der Waals surface area (Å²) in [7, 11) is 1.88. The monoisotopic (exact) mass is 286 g/mol. The van der Waals surface area contributed by atoms with Gasteiger partial charge in [-0.3, -0.25) is 4.79 Å². The van der Waals surface area contributed by atoms with Crippen LogP contribution >= 0.6 is 11.8 Å². The highest BCUT2D eigenvalue weighted by molar-refractivity contribution is 8.00. The van der Waals surface area contributed by atoms with E-state index in [-0.39, 0.29) is 11.3 Å². The van der Waals surface area contributed by atoms with Gasteiger partial charge in [-0.15, -0.1) is 11.8 Å². The zero-order valence-electron chi connectivity index (χ0n) is 11.7. The van der Waals surface area contributed by atoms with Crippen LogP contribution in [-0.2, 0) is 11.2 Å². The van der Waals surface area contributed by atoms with E-state index in [2.05, 4.69) is 54.2 Å². The molecule has 0 N–H and O–H groups in total. The van der Waals surface area contributed by atoms with E-state index in [0.717, 1.165) is 12.1 Å². The number of carbonyl (C=O) groups is 1. The lowest BCUT2D eigenvalue weighted by molar-refractivity contribution is -0.126. The highest BCUT2D eigenvalue weighted by atomic mass is 32.2. The normalized spacial score (nSPS) is 18.8. The fourth-order valence-electron chi connectivity index (χ4n) is 2.44. The minimum absolute atomic E-state index is 0.152. The lowest BCUT2D eigenvalue weighted by Gasteiger charge is -2.17. The number of aryl methyl sites for hydroxylation is 1. The van der Waals surface area contributed by atoms with Crippen molar-refractivity contribution >= 4 is 17.7 Å². The van der Waals surface area contributed by atoms with E-state index < -0.39 is 0 Å². The van der Waals surface area contributed by atoms with Gasteiger partial charge in [0.25, 0.3) is 0 Å². The van der Waals surface area contributed by atoms with Gasteiger partial charge >= 0.3 is 0 Å². The molecule has 0 bridgehead atoms. The molecule has 4 heteroatoms. The summed E-state index contributed by atoms with van der Waals surface area (Å²) >= 11 is 1.69. The molecule has 1 aliphatic rings. The van der Waals surface area contributed by atoms with Crippen molar-refractivity contribution in [2.24, 2.45) is 0 Å². The largest absolute Gasteiger partial charge is 0.329 e. The van der Waals surface area contributed by atoms with Crippen LogP contribution in [0.25, 0.3) is 5.69 Å². The van der Waals surface area contributed by atoms with Gasteiger partial charge in [-0.05, 0) is 30.2 Å². The summed E-state index contributed by atoms with van der Waals surface area (Å²) in [5.74, 6) is 0.789. The van der Waals surface area contributed by atoms with Gasteiger partial charge in [-0.25, -0.2) is 0 Å². The van der Waals surface area contributed by atoms with Crippen LogP contribution in [0, 0.1) is 0 Å². The Morgan fingerprint density at radius 3 is 2.60 bits per heavy atom. The van der Waals surface area contributed by atoms with Crippen LogP contribution in [0.4, 0.5) is 0 Å². The van der Waals surface area contributed by atoms with Gasteiger partial charge in [-0.1, -0.05) is 19.1 Å². The Bertz CT molecular complexity index is 618. The van der Waals surface area contributed by atoms with Gasteiger partial charge in [0.1, 0.15) is 5.37 Å². The average Bonchev–Trinajstić information content (AvgIpc) is 3.08. The van der Waals surface area contributed by atoms with Crippen LogP contribution in [0.3, 0.4) is 0 Å². The molecule has 0 radical (unpaired) electrons. The molecular formula is C16H18N2OS. The third-order valence-corrected chi connectivity index (χ3v) is 5.07. The van der Waals surface area contributed by atoms with Crippen molar-refractivity contribution in [1.82, 2.24) is 9.47 Å². The van der Waals surface area contributed by atoms with Crippen molar-refractivity contribution in [3.8, 4) is 5.69 Å². The van der Waals surface area contributed by atoms with E-state index in [9.17, 15) is 4.79 Å². The second-order valence-corrected chi connectivity index (χ2v) is 6.11. The van der Waals surface area contributed by atoms with E-state index in [1.54, 1.807) is 11.8 Å². The third-order valence-electron chi connectivity index (χ3n) is 3.75. The molecule has 1 aliphatic heterocycles. The van der Waals surface area contributed by atoms with Crippen LogP contribution < -0.4 is 0 Å². The molecule has 1 atom stereocenters. The summed E-state index contributed by atoms with van der Waals surface area (Å²) in [6.07, 6.45) is 5.24. The number of nitrogens with zero attached hydrogens (tertiary/aromatic N) is 2. The van der Waals surface area contributed by atoms with Gasteiger partial charge in [0.15, 0.2) is 0 Å². The van der Waals surface area contributed by atoms with Crippen molar-refractivity contribution < 1.29 is 4.79 Å². The first kappa shape index (κ1) is 13.3. The van der Waals surface area contributed by atoms with E-state index in [0.29, 0.717) is 5.75 Å². The highest BCUT2D eigenvalue weighted by Gasteiger charge is 2.30. The molecule has 1 amide bonds. The molecule has 3 nitrogen and oxygen atoms in total. The lowest BCUT2D eigenvalue weighted by Crippen LogP contribution is -2.22. The molecule has 0 aliphatic carbocycles. The van der Waals surface area contributed by atoms with Crippen LogP contribution in [0.5, 0.6) is 0 Å². The van der Waals surface area contributed by atoms with Crippen molar-refractivity contribution in [2.45, 2.75) is 18.7 Å². The first-order chi connectivity index (χ1) is 9.69. The van der Waals surface area contributed by atoms with Crippen molar-refractivity contribution in [2.75, 3.05) is 12.8 Å². The SMILES string of the molecule is CCc1ccc(-n2ccc([C@H]3SCC(=O)N3C)c2)cc1. The molecule has 0 unspecified atom stereocenters. The van der Waals surface area contributed by atoms with E-state index in [4.69, 9.17) is 0 Å². The minimum atomic E-state index is 0.152. The molecule has 3 rings (SSSR count). The molecule has 1 aromatic heterocycles. The Hall–Kier alpha value is -1.68. The van der Waals surface area contributed by atoms with Crippen molar-refractivity contribution in [1.29, 1.82) is 0 Å². The number of aromatic nitrogens is 1. The fraction of sp³-hybridized carbons (Fsp3) is 0.312. The van der Waals surface area contributed by atoms with E-state index >= 15 is 0 Å². The summed E-state index contributed by atoms with van der Waals surface area (Å²) in [5, 5.41) is 0.152. The van der Waals surface area contributed by atoms with Crippen LogP contribution in [-0.4, -0.2) is 28.2 Å². The molecule has 2 heterocycles. The number of thioether (sulfide) groups is 1. The standard InChI is InChI=1S/C16H18N2OS/c1-3-12-4-6-14(7-5-12)18-9-8-13(10-18)16-17(2)15(19)11-20-16/h4-10,16H,3,11H2,1-2H3/t16-/m1/s1. The summed E-state index contributed by atoms with van der Waals surface area (Å²) in [6.45, 7) is 2.16. The number of amides is 1. The Balaban J connectivity index is 1.84. The molecule has 2 aromatic rings. The Morgan fingerprint density at radius 2 is 2.00 bits per heavy atom. The summed E-state index contributed by atoms with van der Waals surface area (Å²) < 4.78 is 2.12. The second-order valence-electron chi connectivity index (χ2n) is 5.04. The predicted octanol–water partition coefficient (Wildman–Crippen LogP) is 3.24. The summed E-state index contributed by atoms with van der Waals surface area (Å²) in [5.41, 5.74) is 3.69. The van der Waals surface area contributed by atoms with Gasteiger partial charge in [-0.2, -0.15) is 0 Å². The predicted molar refractivity (Wildman–Crippen MR) is 83.1 cm³/mol. The fourth-order valence-corrected chi connectivity index (χ4v) is 3.62. The maximum atomic E-state index is 11.6. The zero-order valence-corrected chi connectivity index (χ0v) is 12.6. The summed E-state index contributed by atoms with van der Waals surface area (Å²) in [4.78, 5) is 13.4. The first-order valence-corrected chi connectivity index (χ1v) is 7.88. The molecule has 104 valence electrons. The molecule has 1 saturated heterocycles. The van der Waals surface area contributed by atoms with Crippen LogP contribution in [0.2, 0.25) is 0 Å². The molecule has 0 saturated carbocycles. The van der Waals surface area contributed by atoms with Gasteiger partial charge < -0.3 is 9.47 Å². The average molecular weight is 286 g/mol. The van der Waals surface area contributed by atoms with Crippen LogP contribution in [0.15, 0.2) is 42.7 Å². The Kier molecular flexibility index (Phi) is 3.57. The quantitative estimate of drug-likeness (QED) is 0.865. The number of rotatable bonds is 3. The van der Waals surface area contributed by atoms with E-state index in [1.807, 2.05) is 11.9 Å². The van der Waals surface area contributed by atoms with Gasteiger partial charge in [0, 0.05) is 30.7 Å². The highest BCUT2D eigenvalue weighted by Crippen LogP contribution is 2.37. The molecule has 1 fully saturated rings. The minimum Gasteiger partial charge on any atom is -0.329 e. The third kappa shape index (κ3) is 2.36. The zero-order chi connectivity index (χ0) is 14.1. The van der Waals surface area contributed by atoms with Gasteiger partial charge in [0.2, 0.25) is 5.91 Å². The second kappa shape index (κ2) is 5.37. The molecule has 20 heavy (non-hydrogen) atoms. The van der Waals surface area contributed by atoms with Crippen molar-refractivity contribution in [3.05, 3.63) is 53.9 Å². The van der Waals surface area contributed by atoms with Gasteiger partial charge in [0.05, 0.1) is 5.75 Å². The molecular weight excluding hydrogens is 268 g/mol. The Morgan fingerprint density at radius 1 is 1.25 bits per heavy atom. The topological polar surface area (TPSA) is 25.2 Å². The number of hydrogen-bond donors (Lipinski definition) is 0. The van der Waals surface area contributed by atoms with Crippen LogP contribution in [0.1, 0.15) is 23.4 Å². The van der Waals surface area contributed by atoms with Crippen molar-refractivity contribution in [3.63, 3.8) is 0 Å². The molecule has 1 aromatic carbocycles. The number of hydrogen-bond acceptors (Lipinski definition) is 2. The molecule has 0 spiro atoms. The number of carbonyl (C=O) groups excluding carboxylic acids is 1. The smallest absolute Gasteiger partial charge is 0.233 e. The summed E-state index contributed by atoms with van der Waals surface area (Å²) in [6, 6.07) is 10.7. The Labute approximate surface area is 123 Å². The maximum absolute atomic E-state index is 11.6. The number of benzene rings is 1. The van der Waals surface area contributed by atoms with E-state index in [1.165, 1.54) is 11.1 Å². The lowest BCUT2D eigenvalue weighted by atomic mass is 10.1.